The third-order valence-electron chi connectivity index (χ3n) is 3.95. The topological polar surface area (TPSA) is 85.3 Å². The number of nitrogens with two attached hydrogens (primary N) is 1. The first kappa shape index (κ1) is 15.0. The molecule has 0 aromatic carbocycles. The summed E-state index contributed by atoms with van der Waals surface area (Å²) in [5, 5.41) is 11.1. The molecule has 20 heavy (non-hydrogen) atoms. The van der Waals surface area contributed by atoms with E-state index in [-0.39, 0.29) is 5.69 Å². The minimum Gasteiger partial charge on any atom is -0.352 e. The molecule has 110 valence electrons. The normalized spacial score (nSPS) is 21.9. The van der Waals surface area contributed by atoms with Gasteiger partial charge in [-0.2, -0.15) is 0 Å². The van der Waals surface area contributed by atoms with Gasteiger partial charge in [0.25, 0.3) is 5.69 Å². The highest BCUT2D eigenvalue weighted by Gasteiger charge is 2.32. The van der Waals surface area contributed by atoms with E-state index in [2.05, 4.69) is 9.88 Å². The maximum Gasteiger partial charge on any atom is 0.289 e. The molecule has 0 saturated heterocycles. The summed E-state index contributed by atoms with van der Waals surface area (Å²) >= 11 is 6.18. The van der Waals surface area contributed by atoms with E-state index in [9.17, 15) is 10.1 Å². The maximum absolute atomic E-state index is 10.7. The van der Waals surface area contributed by atoms with Crippen LogP contribution >= 0.6 is 11.6 Å². The van der Waals surface area contributed by atoms with E-state index in [1.165, 1.54) is 12.3 Å². The molecule has 2 atom stereocenters. The molecule has 1 aromatic rings. The molecule has 1 aliphatic rings. The third-order valence-corrected chi connectivity index (χ3v) is 4.23. The SMILES string of the molecule is CCN(c1ncc([N+](=O)[O-])cc1Cl)C1CCCC1CN. The Morgan fingerprint density at radius 2 is 2.35 bits per heavy atom. The number of hydrogen-bond donors (Lipinski definition) is 1. The molecule has 0 aliphatic heterocycles. The lowest BCUT2D eigenvalue weighted by molar-refractivity contribution is -0.385. The zero-order valence-corrected chi connectivity index (χ0v) is 12.2. The summed E-state index contributed by atoms with van der Waals surface area (Å²) in [5.74, 6) is 1.05. The van der Waals surface area contributed by atoms with Gasteiger partial charge in [-0.1, -0.05) is 18.0 Å². The Kier molecular flexibility index (Phi) is 4.77. The zero-order chi connectivity index (χ0) is 14.7. The molecule has 1 saturated carbocycles. The van der Waals surface area contributed by atoms with Gasteiger partial charge in [-0.3, -0.25) is 10.1 Å². The Morgan fingerprint density at radius 1 is 1.60 bits per heavy atom. The number of nitrogens with zero attached hydrogens (tertiary/aromatic N) is 3. The molecule has 0 bridgehead atoms. The quantitative estimate of drug-likeness (QED) is 0.667. The van der Waals surface area contributed by atoms with Gasteiger partial charge in [0.1, 0.15) is 12.0 Å². The van der Waals surface area contributed by atoms with Gasteiger partial charge in [0.2, 0.25) is 0 Å². The van der Waals surface area contributed by atoms with E-state index in [0.717, 1.165) is 25.8 Å². The second kappa shape index (κ2) is 6.37. The number of nitro groups is 1. The van der Waals surface area contributed by atoms with Crippen LogP contribution in [0.1, 0.15) is 26.2 Å². The molecular formula is C13H19ClN4O2. The fourth-order valence-corrected chi connectivity index (χ4v) is 3.24. The number of anilines is 1. The van der Waals surface area contributed by atoms with Crippen LogP contribution in [0.15, 0.2) is 12.3 Å². The van der Waals surface area contributed by atoms with Crippen molar-refractivity contribution >= 4 is 23.1 Å². The van der Waals surface area contributed by atoms with Gasteiger partial charge >= 0.3 is 0 Å². The predicted octanol–water partition coefficient (Wildman–Crippen LogP) is 2.60. The summed E-state index contributed by atoms with van der Waals surface area (Å²) < 4.78 is 0. The minimum absolute atomic E-state index is 0.0865. The van der Waals surface area contributed by atoms with Crippen LogP contribution in [0, 0.1) is 16.0 Å². The number of pyridine rings is 1. The van der Waals surface area contributed by atoms with Crippen molar-refractivity contribution in [3.8, 4) is 0 Å². The Morgan fingerprint density at radius 3 is 2.90 bits per heavy atom. The largest absolute Gasteiger partial charge is 0.352 e. The van der Waals surface area contributed by atoms with Crippen molar-refractivity contribution in [3.05, 3.63) is 27.4 Å². The van der Waals surface area contributed by atoms with Crippen LogP contribution in [-0.2, 0) is 0 Å². The highest BCUT2D eigenvalue weighted by Crippen LogP contribution is 2.35. The maximum atomic E-state index is 10.7. The van der Waals surface area contributed by atoms with Crippen molar-refractivity contribution in [2.75, 3.05) is 18.0 Å². The summed E-state index contributed by atoms with van der Waals surface area (Å²) in [5.41, 5.74) is 5.74. The van der Waals surface area contributed by atoms with Gasteiger partial charge in [-0.25, -0.2) is 4.98 Å². The van der Waals surface area contributed by atoms with E-state index in [0.29, 0.717) is 29.3 Å². The minimum atomic E-state index is -0.489. The van der Waals surface area contributed by atoms with E-state index >= 15 is 0 Å². The van der Waals surface area contributed by atoms with E-state index in [4.69, 9.17) is 17.3 Å². The fraction of sp³-hybridized carbons (Fsp3) is 0.615. The summed E-state index contributed by atoms with van der Waals surface area (Å²) in [6.45, 7) is 3.43. The summed E-state index contributed by atoms with van der Waals surface area (Å²) in [7, 11) is 0. The first-order valence-corrected chi connectivity index (χ1v) is 7.22. The van der Waals surface area contributed by atoms with Crippen LogP contribution in [0.25, 0.3) is 0 Å². The first-order valence-electron chi connectivity index (χ1n) is 6.85. The average Bonchev–Trinajstić information content (AvgIpc) is 2.89. The van der Waals surface area contributed by atoms with Crippen LogP contribution in [0.5, 0.6) is 0 Å². The van der Waals surface area contributed by atoms with Crippen molar-refractivity contribution in [3.63, 3.8) is 0 Å². The van der Waals surface area contributed by atoms with Crippen molar-refractivity contribution in [2.24, 2.45) is 11.7 Å². The molecule has 0 amide bonds. The molecule has 2 rings (SSSR count). The highest BCUT2D eigenvalue weighted by molar-refractivity contribution is 6.33. The molecule has 7 heteroatoms. The van der Waals surface area contributed by atoms with Crippen molar-refractivity contribution in [2.45, 2.75) is 32.2 Å². The smallest absolute Gasteiger partial charge is 0.289 e. The Labute approximate surface area is 123 Å². The lowest BCUT2D eigenvalue weighted by Crippen LogP contribution is -2.41. The molecule has 0 spiro atoms. The lowest BCUT2D eigenvalue weighted by Gasteiger charge is -2.33. The van der Waals surface area contributed by atoms with Crippen LogP contribution in [-0.4, -0.2) is 29.0 Å². The van der Waals surface area contributed by atoms with Gasteiger partial charge in [0, 0.05) is 18.7 Å². The van der Waals surface area contributed by atoms with Gasteiger partial charge in [-0.15, -0.1) is 0 Å². The summed E-state index contributed by atoms with van der Waals surface area (Å²) in [6.07, 6.45) is 4.58. The Balaban J connectivity index is 2.30. The summed E-state index contributed by atoms with van der Waals surface area (Å²) in [4.78, 5) is 16.6. The lowest BCUT2D eigenvalue weighted by atomic mass is 10.0. The molecule has 1 aromatic heterocycles. The molecule has 1 heterocycles. The van der Waals surface area contributed by atoms with Gasteiger partial charge in [0.15, 0.2) is 0 Å². The van der Waals surface area contributed by atoms with Crippen molar-refractivity contribution < 1.29 is 4.92 Å². The highest BCUT2D eigenvalue weighted by atomic mass is 35.5. The Bertz CT molecular complexity index is 497. The van der Waals surface area contributed by atoms with Gasteiger partial charge in [-0.05, 0) is 32.2 Å². The Hall–Kier alpha value is -1.40. The van der Waals surface area contributed by atoms with E-state index < -0.39 is 4.92 Å². The van der Waals surface area contributed by atoms with Crippen LogP contribution in [0.3, 0.4) is 0 Å². The molecule has 6 nitrogen and oxygen atoms in total. The summed E-state index contributed by atoms with van der Waals surface area (Å²) in [6, 6.07) is 1.68. The molecular weight excluding hydrogens is 280 g/mol. The van der Waals surface area contributed by atoms with Crippen molar-refractivity contribution in [1.82, 2.24) is 4.98 Å². The molecule has 2 N–H and O–H groups in total. The molecule has 1 fully saturated rings. The number of aromatic nitrogens is 1. The predicted molar refractivity (Wildman–Crippen MR) is 79.1 cm³/mol. The average molecular weight is 299 g/mol. The fourth-order valence-electron chi connectivity index (χ4n) is 2.98. The van der Waals surface area contributed by atoms with E-state index in [1.807, 2.05) is 6.92 Å². The van der Waals surface area contributed by atoms with Crippen LogP contribution in [0.2, 0.25) is 5.02 Å². The molecule has 0 radical (unpaired) electrons. The molecule has 2 unspecified atom stereocenters. The van der Waals surface area contributed by atoms with E-state index in [1.54, 1.807) is 0 Å². The zero-order valence-electron chi connectivity index (χ0n) is 11.5. The number of halogens is 1. The number of rotatable bonds is 5. The number of hydrogen-bond acceptors (Lipinski definition) is 5. The standard InChI is InChI=1S/C13H19ClN4O2/c1-2-17(12-5-3-4-9(12)7-15)13-11(14)6-10(8-16-13)18(19)20/h6,8-9,12H,2-5,7,15H2,1H3. The third kappa shape index (κ3) is 2.86. The van der Waals surface area contributed by atoms with Crippen LogP contribution in [0.4, 0.5) is 11.5 Å². The van der Waals surface area contributed by atoms with Crippen LogP contribution < -0.4 is 10.6 Å². The van der Waals surface area contributed by atoms with Gasteiger partial charge < -0.3 is 10.6 Å². The van der Waals surface area contributed by atoms with Crippen molar-refractivity contribution in [1.29, 1.82) is 0 Å². The monoisotopic (exact) mass is 298 g/mol. The van der Waals surface area contributed by atoms with Gasteiger partial charge in [0.05, 0.1) is 9.95 Å². The first-order chi connectivity index (χ1) is 9.58. The molecule has 1 aliphatic carbocycles. The second-order valence-electron chi connectivity index (χ2n) is 5.04. The second-order valence-corrected chi connectivity index (χ2v) is 5.44.